The van der Waals surface area contributed by atoms with E-state index in [0.717, 1.165) is 80.9 Å². The van der Waals surface area contributed by atoms with Crippen molar-refractivity contribution in [3.05, 3.63) is 70.8 Å². The summed E-state index contributed by atoms with van der Waals surface area (Å²) in [7, 11) is 1.71. The number of aromatic hydroxyl groups is 1. The Morgan fingerprint density at radius 2 is 1.89 bits per heavy atom. The van der Waals surface area contributed by atoms with Gasteiger partial charge >= 0.3 is 0 Å². The van der Waals surface area contributed by atoms with Gasteiger partial charge in [-0.1, -0.05) is 61.6 Å². The van der Waals surface area contributed by atoms with Crippen LogP contribution < -0.4 is 16.2 Å². The smallest absolute Gasteiger partial charge is 0.186 e. The van der Waals surface area contributed by atoms with Crippen LogP contribution in [0.5, 0.6) is 11.5 Å². The zero-order valence-corrected chi connectivity index (χ0v) is 27.1. The Hall–Kier alpha value is -3.76. The number of phenolic OH excluding ortho intramolecular Hbond substituents is 1. The van der Waals surface area contributed by atoms with Gasteiger partial charge in [-0.05, 0) is 99.8 Å². The zero-order chi connectivity index (χ0) is 32.0. The Balaban J connectivity index is 1.79. The molecule has 1 fully saturated rings. The van der Waals surface area contributed by atoms with Gasteiger partial charge in [0.25, 0.3) is 0 Å². The molecule has 0 unspecified atom stereocenters. The van der Waals surface area contributed by atoms with Gasteiger partial charge in [0.2, 0.25) is 0 Å². The number of carbonyl (C=O) groups is 1. The van der Waals surface area contributed by atoms with Gasteiger partial charge in [0.05, 0.1) is 12.1 Å². The predicted molar refractivity (Wildman–Crippen MR) is 181 cm³/mol. The number of nitrogens with two attached hydrogens (primary N) is 2. The molecule has 3 atom stereocenters. The molecule has 45 heavy (non-hydrogen) atoms. The van der Waals surface area contributed by atoms with Crippen LogP contribution in [0.3, 0.4) is 0 Å². The third-order valence-corrected chi connectivity index (χ3v) is 8.96. The molecule has 2 aromatic rings. The maximum Gasteiger partial charge on any atom is 0.186 e. The lowest BCUT2D eigenvalue weighted by atomic mass is 9.83. The maximum atomic E-state index is 12.8. The first kappa shape index (κ1) is 34.1. The lowest BCUT2D eigenvalue weighted by Crippen LogP contribution is -2.30. The third kappa shape index (κ3) is 10.4. The van der Waals surface area contributed by atoms with Crippen molar-refractivity contribution in [2.75, 3.05) is 13.7 Å². The first-order valence-electron chi connectivity index (χ1n) is 16.7. The predicted octanol–water partition coefficient (Wildman–Crippen LogP) is 6.41. The number of aryl methyl sites for hydroxylation is 2. The summed E-state index contributed by atoms with van der Waals surface area (Å²) >= 11 is 0. The monoisotopic (exact) mass is 613 g/mol. The summed E-state index contributed by atoms with van der Waals surface area (Å²) < 4.78 is 12.1. The average Bonchev–Trinajstić information content (AvgIpc) is 3.54. The number of methoxy groups -OCH3 is 1. The van der Waals surface area contributed by atoms with E-state index in [1.54, 1.807) is 13.2 Å². The summed E-state index contributed by atoms with van der Waals surface area (Å²) in [5.41, 5.74) is 15.6. The second kappa shape index (κ2) is 17.7. The zero-order valence-electron chi connectivity index (χ0n) is 27.1. The Kier molecular flexibility index (Phi) is 13.4. The standard InChI is InChI=1S/C38H51N3O4/c1-3-4-6-13-31(42)21-19-30-25-36(45-32-14-9-10-15-32)37(43)34-24-28(26-44-2)17-23-35(41-38(39)40)29(20-22-33(30)34)18-16-27-11-7-5-8-12-27/h5-8,11-13,25,28-29,32,35,43H,3-4,9-10,14-19,21,23-24,26H2,1-2H3,(H4,39,40,41)/t28-,29+,35+/m0/s1. The molecule has 0 heterocycles. The number of guanidine groups is 1. The molecule has 0 saturated heterocycles. The number of phenols is 1. The van der Waals surface area contributed by atoms with Crippen LogP contribution in [0.4, 0.5) is 0 Å². The van der Waals surface area contributed by atoms with E-state index in [1.165, 1.54) is 5.56 Å². The topological polar surface area (TPSA) is 120 Å². The number of unbranched alkanes of at least 4 members (excludes halogenated alkanes) is 1. The quantitative estimate of drug-likeness (QED) is 0.0980. The van der Waals surface area contributed by atoms with Crippen LogP contribution in [0, 0.1) is 23.7 Å². The number of hydrogen-bond donors (Lipinski definition) is 3. The van der Waals surface area contributed by atoms with Crippen molar-refractivity contribution < 1.29 is 19.4 Å². The molecular weight excluding hydrogens is 562 g/mol. The molecule has 0 amide bonds. The van der Waals surface area contributed by atoms with Crippen molar-refractivity contribution in [1.29, 1.82) is 0 Å². The summed E-state index contributed by atoms with van der Waals surface area (Å²) in [5.74, 6) is 7.87. The molecule has 7 nitrogen and oxygen atoms in total. The molecular formula is C38H51N3O4. The number of carbonyl (C=O) groups excluding carboxylic acids is 1. The molecule has 0 bridgehead atoms. The fraction of sp³-hybridized carbons (Fsp3) is 0.526. The Morgan fingerprint density at radius 1 is 1.11 bits per heavy atom. The molecule has 2 aliphatic rings. The van der Waals surface area contributed by atoms with Gasteiger partial charge in [-0.3, -0.25) is 4.79 Å². The highest BCUT2D eigenvalue weighted by Gasteiger charge is 2.28. The Morgan fingerprint density at radius 3 is 2.60 bits per heavy atom. The third-order valence-electron chi connectivity index (χ3n) is 8.96. The van der Waals surface area contributed by atoms with E-state index in [2.05, 4.69) is 35.9 Å². The molecule has 4 rings (SSSR count). The van der Waals surface area contributed by atoms with Crippen LogP contribution in [-0.4, -0.2) is 42.7 Å². The van der Waals surface area contributed by atoms with Gasteiger partial charge in [0, 0.05) is 37.2 Å². The van der Waals surface area contributed by atoms with Crippen molar-refractivity contribution in [3.8, 4) is 23.3 Å². The van der Waals surface area contributed by atoms with Crippen molar-refractivity contribution in [2.24, 2.45) is 28.3 Å². The fourth-order valence-corrected chi connectivity index (χ4v) is 6.52. The Labute approximate surface area is 269 Å². The van der Waals surface area contributed by atoms with Crippen LogP contribution in [0.1, 0.15) is 93.4 Å². The summed E-state index contributed by atoms with van der Waals surface area (Å²) in [4.78, 5) is 17.5. The highest BCUT2D eigenvalue weighted by molar-refractivity contribution is 5.89. The van der Waals surface area contributed by atoms with E-state index in [4.69, 9.17) is 20.9 Å². The lowest BCUT2D eigenvalue weighted by Gasteiger charge is -2.26. The molecule has 242 valence electrons. The largest absolute Gasteiger partial charge is 0.504 e. The number of nitrogens with zero attached hydrogens (tertiary/aromatic N) is 1. The Bertz CT molecular complexity index is 1360. The van der Waals surface area contributed by atoms with Gasteiger partial charge in [0.15, 0.2) is 23.2 Å². The van der Waals surface area contributed by atoms with E-state index < -0.39 is 0 Å². The summed E-state index contributed by atoms with van der Waals surface area (Å²) in [6.07, 6.45) is 14.5. The number of ether oxygens (including phenoxy) is 2. The van der Waals surface area contributed by atoms with E-state index in [-0.39, 0.29) is 41.5 Å². The number of allylic oxidation sites excluding steroid dienone is 2. The lowest BCUT2D eigenvalue weighted by molar-refractivity contribution is -0.114. The van der Waals surface area contributed by atoms with E-state index in [0.29, 0.717) is 31.6 Å². The minimum atomic E-state index is -0.167. The minimum absolute atomic E-state index is 0.0638. The van der Waals surface area contributed by atoms with Crippen molar-refractivity contribution in [2.45, 2.75) is 103 Å². The number of ketones is 1. The molecule has 5 N–H and O–H groups in total. The molecule has 7 heteroatoms. The number of benzene rings is 2. The number of hydrogen-bond acceptors (Lipinski definition) is 5. The second-order valence-corrected chi connectivity index (χ2v) is 12.5. The van der Waals surface area contributed by atoms with Gasteiger partial charge in [-0.15, -0.1) is 0 Å². The summed E-state index contributed by atoms with van der Waals surface area (Å²) in [6.45, 7) is 2.62. The molecule has 1 saturated carbocycles. The van der Waals surface area contributed by atoms with E-state index >= 15 is 0 Å². The van der Waals surface area contributed by atoms with Crippen LogP contribution in [0.25, 0.3) is 0 Å². The highest BCUT2D eigenvalue weighted by Crippen LogP contribution is 2.40. The van der Waals surface area contributed by atoms with Gasteiger partial charge in [-0.25, -0.2) is 4.99 Å². The number of aliphatic imine (C=N–C) groups is 1. The van der Waals surface area contributed by atoms with Crippen LogP contribution >= 0.6 is 0 Å². The van der Waals surface area contributed by atoms with Crippen molar-refractivity contribution in [3.63, 3.8) is 0 Å². The number of fused-ring (bicyclic) bond motifs is 1. The maximum absolute atomic E-state index is 12.8. The van der Waals surface area contributed by atoms with Crippen LogP contribution in [-0.2, 0) is 28.8 Å². The number of rotatable bonds is 14. The molecule has 0 radical (unpaired) electrons. The van der Waals surface area contributed by atoms with Crippen LogP contribution in [0.15, 0.2) is 53.5 Å². The minimum Gasteiger partial charge on any atom is -0.504 e. The van der Waals surface area contributed by atoms with Gasteiger partial charge in [0.1, 0.15) is 0 Å². The van der Waals surface area contributed by atoms with Gasteiger partial charge in [-0.2, -0.15) is 0 Å². The second-order valence-electron chi connectivity index (χ2n) is 12.5. The first-order valence-corrected chi connectivity index (χ1v) is 16.7. The summed E-state index contributed by atoms with van der Waals surface area (Å²) in [6, 6.07) is 12.1. The van der Waals surface area contributed by atoms with Crippen LogP contribution in [0.2, 0.25) is 0 Å². The molecule has 2 aromatic carbocycles. The average molecular weight is 614 g/mol. The summed E-state index contributed by atoms with van der Waals surface area (Å²) in [5, 5.41) is 11.7. The fourth-order valence-electron chi connectivity index (χ4n) is 6.52. The van der Waals surface area contributed by atoms with E-state index in [1.807, 2.05) is 30.3 Å². The first-order chi connectivity index (χ1) is 21.9. The SMILES string of the molecule is CCCC=CC(=O)CCc1cc(OC2CCCC2)c(O)c2c1C#C[C@@H](CCc1ccccc1)[C@H](N=C(N)N)CC[C@H](COC)C2. The normalized spacial score (nSPS) is 20.3. The molecule has 0 spiro atoms. The molecule has 0 aromatic heterocycles. The van der Waals surface area contributed by atoms with E-state index in [9.17, 15) is 9.90 Å². The van der Waals surface area contributed by atoms with Crippen molar-refractivity contribution in [1.82, 2.24) is 0 Å². The molecule has 2 aliphatic carbocycles. The van der Waals surface area contributed by atoms with Crippen molar-refractivity contribution >= 4 is 11.7 Å². The van der Waals surface area contributed by atoms with Gasteiger partial charge < -0.3 is 26.0 Å². The molecule has 0 aliphatic heterocycles. The highest BCUT2D eigenvalue weighted by atomic mass is 16.5.